The molecule has 0 aliphatic carbocycles. The number of nitrogens with zero attached hydrogens (tertiary/aromatic N) is 2. The van der Waals surface area contributed by atoms with Crippen LogP contribution >= 0.6 is 12.2 Å². The number of anilines is 1. The Balaban J connectivity index is 1.22. The monoisotopic (exact) mass is 540 g/mol. The molecular formula is C29H24N4O5S. The second kappa shape index (κ2) is 10.9. The van der Waals surface area contributed by atoms with Crippen LogP contribution < -0.4 is 10.6 Å². The van der Waals surface area contributed by atoms with Crippen molar-refractivity contribution in [3.8, 4) is 22.8 Å². The first-order valence-corrected chi connectivity index (χ1v) is 12.7. The van der Waals surface area contributed by atoms with E-state index in [9.17, 15) is 14.9 Å². The highest BCUT2D eigenvalue weighted by atomic mass is 32.1. The Kier molecular flexibility index (Phi) is 7.20. The molecule has 0 aliphatic heterocycles. The lowest BCUT2D eigenvalue weighted by Crippen LogP contribution is -2.33. The van der Waals surface area contributed by atoms with Gasteiger partial charge in [0.15, 0.2) is 16.5 Å². The van der Waals surface area contributed by atoms with Gasteiger partial charge in [0.05, 0.1) is 4.92 Å². The number of benzene rings is 3. The summed E-state index contributed by atoms with van der Waals surface area (Å²) in [6.07, 6.45) is 1.05. The van der Waals surface area contributed by atoms with Gasteiger partial charge in [0.2, 0.25) is 5.89 Å². The normalized spacial score (nSPS) is 11.7. The largest absolute Gasteiger partial charge is 0.451 e. The Hall–Kier alpha value is -4.83. The van der Waals surface area contributed by atoms with Crippen molar-refractivity contribution in [2.75, 3.05) is 5.32 Å². The lowest BCUT2D eigenvalue weighted by molar-refractivity contribution is -0.384. The maximum absolute atomic E-state index is 12.6. The molecule has 9 nitrogen and oxygen atoms in total. The molecule has 5 rings (SSSR count). The number of nitrogens with one attached hydrogen (secondary N) is 2. The number of furan rings is 1. The van der Waals surface area contributed by atoms with Crippen molar-refractivity contribution in [3.63, 3.8) is 0 Å². The van der Waals surface area contributed by atoms with E-state index < -0.39 is 10.8 Å². The minimum atomic E-state index is -0.552. The molecule has 0 unspecified atom stereocenters. The zero-order valence-electron chi connectivity index (χ0n) is 21.1. The van der Waals surface area contributed by atoms with Crippen LogP contribution in [0.25, 0.3) is 33.9 Å². The van der Waals surface area contributed by atoms with Gasteiger partial charge >= 0.3 is 0 Å². The highest BCUT2D eigenvalue weighted by Gasteiger charge is 2.16. The Morgan fingerprint density at radius 1 is 1.03 bits per heavy atom. The SMILES string of the molecule is CC[C@@H](C)c1ccc2oc(-c3ccc(NC(=S)NC(=O)c4ccc(-c5cccc([N+](=O)[O-])c5)o4)cc3)nc2c1. The van der Waals surface area contributed by atoms with Crippen molar-refractivity contribution in [1.29, 1.82) is 0 Å². The summed E-state index contributed by atoms with van der Waals surface area (Å²) in [5.74, 6) is 0.763. The lowest BCUT2D eigenvalue weighted by atomic mass is 9.98. The second-order valence-electron chi connectivity index (χ2n) is 9.01. The number of aromatic nitrogens is 1. The number of thiocarbonyl (C=S) groups is 1. The molecule has 196 valence electrons. The number of nitro benzene ring substituents is 1. The van der Waals surface area contributed by atoms with Crippen molar-refractivity contribution in [3.05, 3.63) is 100 Å². The van der Waals surface area contributed by atoms with Gasteiger partial charge in [0.25, 0.3) is 11.6 Å². The van der Waals surface area contributed by atoms with Gasteiger partial charge in [-0.3, -0.25) is 20.2 Å². The van der Waals surface area contributed by atoms with E-state index in [0.717, 1.165) is 23.1 Å². The number of rotatable bonds is 7. The number of hydrogen-bond acceptors (Lipinski definition) is 7. The van der Waals surface area contributed by atoms with Crippen molar-refractivity contribution in [2.45, 2.75) is 26.2 Å². The Morgan fingerprint density at radius 2 is 1.82 bits per heavy atom. The van der Waals surface area contributed by atoms with Gasteiger partial charge in [-0.15, -0.1) is 0 Å². The number of nitro groups is 1. The average molecular weight is 541 g/mol. The molecule has 0 saturated carbocycles. The van der Waals surface area contributed by atoms with E-state index in [1.165, 1.54) is 23.8 Å². The Morgan fingerprint density at radius 3 is 2.56 bits per heavy atom. The molecule has 5 aromatic rings. The third-order valence-corrected chi connectivity index (χ3v) is 6.59. The number of carbonyl (C=O) groups excluding carboxylic acids is 1. The zero-order valence-corrected chi connectivity index (χ0v) is 22.0. The van der Waals surface area contributed by atoms with E-state index >= 15 is 0 Å². The topological polar surface area (TPSA) is 123 Å². The molecule has 10 heteroatoms. The predicted molar refractivity (Wildman–Crippen MR) is 153 cm³/mol. The van der Waals surface area contributed by atoms with Crippen molar-refractivity contribution in [1.82, 2.24) is 10.3 Å². The number of fused-ring (bicyclic) bond motifs is 1. The van der Waals surface area contributed by atoms with Crippen LogP contribution in [0.2, 0.25) is 0 Å². The van der Waals surface area contributed by atoms with E-state index in [1.807, 2.05) is 18.2 Å². The molecule has 0 radical (unpaired) electrons. The van der Waals surface area contributed by atoms with E-state index in [-0.39, 0.29) is 16.6 Å². The molecule has 1 amide bonds. The molecular weight excluding hydrogens is 516 g/mol. The maximum atomic E-state index is 12.6. The van der Waals surface area contributed by atoms with Crippen LogP contribution in [0.3, 0.4) is 0 Å². The molecule has 0 spiro atoms. The van der Waals surface area contributed by atoms with Crippen molar-refractivity contribution >= 4 is 45.7 Å². The van der Waals surface area contributed by atoms with Crippen LogP contribution in [0.1, 0.15) is 42.3 Å². The fourth-order valence-electron chi connectivity index (χ4n) is 4.02. The van der Waals surface area contributed by atoms with Gasteiger partial charge in [0.1, 0.15) is 11.3 Å². The predicted octanol–water partition coefficient (Wildman–Crippen LogP) is 7.30. The molecule has 0 fully saturated rings. The third kappa shape index (κ3) is 5.70. The summed E-state index contributed by atoms with van der Waals surface area (Å²) in [5.41, 5.74) is 4.67. The summed E-state index contributed by atoms with van der Waals surface area (Å²) in [5, 5.41) is 16.6. The summed E-state index contributed by atoms with van der Waals surface area (Å²) < 4.78 is 11.5. The second-order valence-corrected chi connectivity index (χ2v) is 9.42. The molecule has 2 heterocycles. The van der Waals surface area contributed by atoms with Crippen molar-refractivity contribution < 1.29 is 18.6 Å². The van der Waals surface area contributed by atoms with Crippen LogP contribution in [-0.4, -0.2) is 20.9 Å². The van der Waals surface area contributed by atoms with E-state index in [1.54, 1.807) is 30.3 Å². The third-order valence-electron chi connectivity index (χ3n) is 6.38. The first kappa shape index (κ1) is 25.8. The summed E-state index contributed by atoms with van der Waals surface area (Å²) in [7, 11) is 0. The number of amides is 1. The first-order valence-electron chi connectivity index (χ1n) is 12.3. The van der Waals surface area contributed by atoms with Crippen molar-refractivity contribution in [2.24, 2.45) is 0 Å². The summed E-state index contributed by atoms with van der Waals surface area (Å²) in [6, 6.07) is 22.4. The number of oxazole rings is 1. The summed E-state index contributed by atoms with van der Waals surface area (Å²) in [6.45, 7) is 4.35. The molecule has 2 N–H and O–H groups in total. The average Bonchev–Trinajstić information content (AvgIpc) is 3.60. The van der Waals surface area contributed by atoms with Gasteiger partial charge in [-0.25, -0.2) is 4.98 Å². The van der Waals surface area contributed by atoms with Crippen LogP contribution in [0.15, 0.2) is 87.7 Å². The van der Waals surface area contributed by atoms with Gasteiger partial charge in [-0.1, -0.05) is 32.0 Å². The molecule has 3 aromatic carbocycles. The Bertz CT molecular complexity index is 1690. The summed E-state index contributed by atoms with van der Waals surface area (Å²) >= 11 is 5.28. The number of carbonyl (C=O) groups is 1. The number of hydrogen-bond donors (Lipinski definition) is 2. The maximum Gasteiger partial charge on any atom is 0.293 e. The highest BCUT2D eigenvalue weighted by Crippen LogP contribution is 2.29. The standard InChI is InChI=1S/C29H24N4O5S/c1-3-17(2)19-9-12-25-23(16-19)31-28(38-25)18-7-10-21(11-8-18)30-29(39)32-27(34)26-14-13-24(37-26)20-5-4-6-22(15-20)33(35)36/h4-17H,3H2,1-2H3,(H2,30,32,34,39)/t17-/m1/s1. The minimum Gasteiger partial charge on any atom is -0.451 e. The number of non-ortho nitro benzene ring substituents is 1. The van der Waals surface area contributed by atoms with Gasteiger partial charge in [0, 0.05) is 28.9 Å². The van der Waals surface area contributed by atoms with Gasteiger partial charge in [-0.2, -0.15) is 0 Å². The van der Waals surface area contributed by atoms with E-state index in [0.29, 0.717) is 28.8 Å². The zero-order chi connectivity index (χ0) is 27.5. The first-order chi connectivity index (χ1) is 18.8. The highest BCUT2D eigenvalue weighted by molar-refractivity contribution is 7.80. The fourth-order valence-corrected chi connectivity index (χ4v) is 4.23. The molecule has 0 saturated heterocycles. The van der Waals surface area contributed by atoms with Gasteiger partial charge < -0.3 is 14.2 Å². The smallest absolute Gasteiger partial charge is 0.293 e. The molecule has 0 aliphatic rings. The van der Waals surface area contributed by atoms with E-state index in [2.05, 4.69) is 41.6 Å². The van der Waals surface area contributed by atoms with Crippen LogP contribution in [0, 0.1) is 10.1 Å². The minimum absolute atomic E-state index is 0.0171. The summed E-state index contributed by atoms with van der Waals surface area (Å²) in [4.78, 5) is 27.8. The fraction of sp³-hybridized carbons (Fsp3) is 0.138. The van der Waals surface area contributed by atoms with Crippen LogP contribution in [-0.2, 0) is 0 Å². The molecule has 39 heavy (non-hydrogen) atoms. The van der Waals surface area contributed by atoms with E-state index in [4.69, 9.17) is 21.1 Å². The molecule has 1 atom stereocenters. The Labute approximate surface area is 229 Å². The van der Waals surface area contributed by atoms with Crippen LogP contribution in [0.4, 0.5) is 11.4 Å². The van der Waals surface area contributed by atoms with Gasteiger partial charge in [-0.05, 0) is 78.7 Å². The lowest BCUT2D eigenvalue weighted by Gasteiger charge is -2.09. The molecule has 0 bridgehead atoms. The van der Waals surface area contributed by atoms with Crippen LogP contribution in [0.5, 0.6) is 0 Å². The quantitative estimate of drug-likeness (QED) is 0.125. The molecule has 2 aromatic heterocycles.